The lowest BCUT2D eigenvalue weighted by Gasteiger charge is -2.29. The van der Waals surface area contributed by atoms with Crippen molar-refractivity contribution in [3.05, 3.63) is 191 Å². The maximum Gasteiger partial charge on any atom is -0.000883 e. The molecule has 0 radical (unpaired) electrons. The Labute approximate surface area is 311 Å². The van der Waals surface area contributed by atoms with Crippen LogP contribution in [0.1, 0.15) is 33.4 Å². The van der Waals surface area contributed by atoms with E-state index in [1.165, 1.54) is 97.9 Å². The van der Waals surface area contributed by atoms with Crippen molar-refractivity contribution in [1.82, 2.24) is 0 Å². The lowest BCUT2D eigenvalue weighted by atomic mass is 9.92. The van der Waals surface area contributed by atoms with Gasteiger partial charge in [0, 0.05) is 0 Å². The van der Waals surface area contributed by atoms with Crippen molar-refractivity contribution < 1.29 is 0 Å². The molecule has 0 saturated heterocycles. The average molecular weight is 707 g/mol. The summed E-state index contributed by atoms with van der Waals surface area (Å²) in [5.41, 5.74) is 10.5. The second-order valence-corrected chi connectivity index (χ2v) is 18.8. The number of fused-ring (bicyclic) bond motifs is 2. The molecule has 0 nitrogen and oxygen atoms in total. The van der Waals surface area contributed by atoms with Gasteiger partial charge in [-0.2, -0.15) is 0 Å². The van der Waals surface area contributed by atoms with Crippen molar-refractivity contribution in [2.24, 2.45) is 0 Å². The largest absolute Gasteiger partial charge is 0.0622 e. The van der Waals surface area contributed by atoms with E-state index < -0.39 is 15.8 Å². The van der Waals surface area contributed by atoms with Crippen molar-refractivity contribution >= 4 is 69.2 Å². The predicted octanol–water partition coefficient (Wildman–Crippen LogP) is 11.0. The van der Waals surface area contributed by atoms with Crippen LogP contribution in [0.15, 0.2) is 158 Å². The van der Waals surface area contributed by atoms with E-state index in [0.717, 1.165) is 0 Å². The molecule has 254 valence electrons. The van der Waals surface area contributed by atoms with Gasteiger partial charge in [0.1, 0.15) is 0 Å². The molecule has 0 aliphatic carbocycles. The lowest BCUT2D eigenvalue weighted by molar-refractivity contribution is 1.40. The Hall–Kier alpha value is -4.86. The molecule has 0 bridgehead atoms. The van der Waals surface area contributed by atoms with Crippen molar-refractivity contribution in [2.75, 3.05) is 0 Å². The first kappa shape index (κ1) is 34.2. The van der Waals surface area contributed by atoms with E-state index in [1.54, 1.807) is 0 Å². The highest BCUT2D eigenvalue weighted by molar-refractivity contribution is 7.80. The van der Waals surface area contributed by atoms with Gasteiger partial charge in [-0.05, 0) is 122 Å². The van der Waals surface area contributed by atoms with Gasteiger partial charge in [-0.3, -0.25) is 0 Å². The molecular formula is C50H44P2. The summed E-state index contributed by atoms with van der Waals surface area (Å²) in [5, 5.41) is 13.5. The highest BCUT2D eigenvalue weighted by atomic mass is 31.1. The molecule has 0 aliphatic heterocycles. The van der Waals surface area contributed by atoms with E-state index in [2.05, 4.69) is 199 Å². The Morgan fingerprint density at radius 3 is 1.04 bits per heavy atom. The summed E-state index contributed by atoms with van der Waals surface area (Å²) in [6, 6.07) is 60.5. The predicted molar refractivity (Wildman–Crippen MR) is 233 cm³/mol. The quantitative estimate of drug-likeness (QED) is 0.145. The molecule has 8 rings (SSSR count). The van der Waals surface area contributed by atoms with Crippen molar-refractivity contribution in [3.8, 4) is 11.1 Å². The molecule has 8 aromatic carbocycles. The Balaban J connectivity index is 1.56. The SMILES string of the molecule is Cc1cc(C)cc(P(c2cc(C)cc(C)c2)c2ccc3cc(C)ccc3c2-c2c(P(c3ccccc3)c3ccccc3)ccc3cc(C)ccc23)c1. The van der Waals surface area contributed by atoms with Gasteiger partial charge in [-0.25, -0.2) is 0 Å². The topological polar surface area (TPSA) is 0 Å². The molecule has 0 spiro atoms. The third-order valence-corrected chi connectivity index (χ3v) is 14.9. The van der Waals surface area contributed by atoms with E-state index in [4.69, 9.17) is 0 Å². The van der Waals surface area contributed by atoms with E-state index in [9.17, 15) is 0 Å². The molecule has 0 atom stereocenters. The third kappa shape index (κ3) is 6.63. The second kappa shape index (κ2) is 14.3. The molecule has 0 aliphatic rings. The van der Waals surface area contributed by atoms with Gasteiger partial charge < -0.3 is 0 Å². The number of aryl methyl sites for hydroxylation is 6. The van der Waals surface area contributed by atoms with Crippen LogP contribution in [0.5, 0.6) is 0 Å². The average Bonchev–Trinajstić information content (AvgIpc) is 3.12. The second-order valence-electron chi connectivity index (χ2n) is 14.4. The molecule has 8 aromatic rings. The smallest absolute Gasteiger partial charge is 0.000883 e. The Morgan fingerprint density at radius 1 is 0.288 bits per heavy atom. The summed E-state index contributed by atoms with van der Waals surface area (Å²) >= 11 is 0. The maximum absolute atomic E-state index is 2.47. The highest BCUT2D eigenvalue weighted by Crippen LogP contribution is 2.46. The Morgan fingerprint density at radius 2 is 0.654 bits per heavy atom. The van der Waals surface area contributed by atoms with Gasteiger partial charge >= 0.3 is 0 Å². The minimum absolute atomic E-state index is 0.886. The normalized spacial score (nSPS) is 11.6. The molecule has 0 fully saturated rings. The zero-order chi connectivity index (χ0) is 35.9. The fourth-order valence-electron chi connectivity index (χ4n) is 7.94. The number of rotatable bonds is 7. The van der Waals surface area contributed by atoms with Crippen LogP contribution in [0, 0.1) is 41.5 Å². The monoisotopic (exact) mass is 706 g/mol. The molecule has 0 saturated carbocycles. The Kier molecular flexibility index (Phi) is 9.40. The summed E-state index contributed by atoms with van der Waals surface area (Å²) in [5.74, 6) is 0. The van der Waals surface area contributed by atoms with Crippen LogP contribution in [0.2, 0.25) is 0 Å². The van der Waals surface area contributed by atoms with Crippen LogP contribution in [0.25, 0.3) is 32.7 Å². The number of hydrogen-bond donors (Lipinski definition) is 0. The zero-order valence-corrected chi connectivity index (χ0v) is 32.7. The van der Waals surface area contributed by atoms with Crippen LogP contribution >= 0.6 is 15.8 Å². The summed E-state index contributed by atoms with van der Waals surface area (Å²) in [6.45, 7) is 13.4. The first-order chi connectivity index (χ1) is 25.2. The summed E-state index contributed by atoms with van der Waals surface area (Å²) in [6.07, 6.45) is 0. The molecule has 0 aromatic heterocycles. The summed E-state index contributed by atoms with van der Waals surface area (Å²) in [4.78, 5) is 0. The van der Waals surface area contributed by atoms with Gasteiger partial charge in [-0.15, -0.1) is 0 Å². The zero-order valence-electron chi connectivity index (χ0n) is 30.9. The van der Waals surface area contributed by atoms with Crippen LogP contribution in [-0.2, 0) is 0 Å². The molecule has 0 unspecified atom stereocenters. The summed E-state index contributed by atoms with van der Waals surface area (Å²) < 4.78 is 0. The molecule has 0 N–H and O–H groups in total. The number of hydrogen-bond acceptors (Lipinski definition) is 0. The first-order valence-corrected chi connectivity index (χ1v) is 20.9. The maximum atomic E-state index is 2.47. The molecule has 52 heavy (non-hydrogen) atoms. The van der Waals surface area contributed by atoms with Crippen LogP contribution in [-0.4, -0.2) is 0 Å². The van der Waals surface area contributed by atoms with Gasteiger partial charge in [0.25, 0.3) is 0 Å². The highest BCUT2D eigenvalue weighted by Gasteiger charge is 2.28. The van der Waals surface area contributed by atoms with Crippen LogP contribution < -0.4 is 31.8 Å². The van der Waals surface area contributed by atoms with Gasteiger partial charge in [-0.1, -0.05) is 191 Å². The third-order valence-electron chi connectivity index (χ3n) is 10.00. The molecule has 0 heterocycles. The van der Waals surface area contributed by atoms with Crippen LogP contribution in [0.4, 0.5) is 0 Å². The molecule has 0 amide bonds. The first-order valence-electron chi connectivity index (χ1n) is 18.2. The Bertz CT molecular complexity index is 2450. The van der Waals surface area contributed by atoms with Crippen molar-refractivity contribution in [2.45, 2.75) is 41.5 Å². The standard InChI is InChI=1S/C50H44P2/c1-33-17-21-45-39(27-33)19-23-47(51(41-13-9-7-10-14-41)42-15-11-8-12-16-42)49(45)50-46-22-18-34(2)28-40(46)20-24-48(50)52(43-29-35(3)25-36(4)30-43)44-31-37(5)26-38(6)32-44/h7-32H,1-6H3. The van der Waals surface area contributed by atoms with E-state index >= 15 is 0 Å². The fourth-order valence-corrected chi connectivity index (χ4v) is 13.3. The van der Waals surface area contributed by atoms with E-state index in [1.807, 2.05) is 0 Å². The van der Waals surface area contributed by atoms with Crippen LogP contribution in [0.3, 0.4) is 0 Å². The van der Waals surface area contributed by atoms with Gasteiger partial charge in [0.15, 0.2) is 0 Å². The lowest BCUT2D eigenvalue weighted by Crippen LogP contribution is -2.26. The number of benzene rings is 8. The molecular weight excluding hydrogens is 662 g/mol. The summed E-state index contributed by atoms with van der Waals surface area (Å²) in [7, 11) is -1.82. The van der Waals surface area contributed by atoms with E-state index in [-0.39, 0.29) is 0 Å². The van der Waals surface area contributed by atoms with Gasteiger partial charge in [0.2, 0.25) is 0 Å². The van der Waals surface area contributed by atoms with Gasteiger partial charge in [0.05, 0.1) is 0 Å². The van der Waals surface area contributed by atoms with Crippen molar-refractivity contribution in [3.63, 3.8) is 0 Å². The minimum Gasteiger partial charge on any atom is -0.0622 e. The minimum atomic E-state index is -0.931. The van der Waals surface area contributed by atoms with E-state index in [0.29, 0.717) is 0 Å². The molecule has 2 heteroatoms. The van der Waals surface area contributed by atoms with Crippen molar-refractivity contribution in [1.29, 1.82) is 0 Å². The fraction of sp³-hybridized carbons (Fsp3) is 0.120.